The van der Waals surface area contributed by atoms with Crippen LogP contribution in [0, 0.1) is 22.7 Å². The first-order valence-electron chi connectivity index (χ1n) is 9.58. The van der Waals surface area contributed by atoms with Crippen molar-refractivity contribution in [2.45, 2.75) is 5.92 Å². The van der Waals surface area contributed by atoms with Gasteiger partial charge in [0.25, 0.3) is 5.56 Å². The van der Waals surface area contributed by atoms with Gasteiger partial charge in [0.15, 0.2) is 0 Å². The topological polar surface area (TPSA) is 114 Å². The lowest BCUT2D eigenvalue weighted by molar-refractivity contribution is 0.414. The monoisotopic (exact) mass is 442 g/mol. The van der Waals surface area contributed by atoms with Gasteiger partial charge in [0.2, 0.25) is 0 Å². The lowest BCUT2D eigenvalue weighted by Crippen LogP contribution is -2.38. The van der Waals surface area contributed by atoms with Crippen LogP contribution in [0.3, 0.4) is 0 Å². The Morgan fingerprint density at radius 1 is 1.03 bits per heavy atom. The Bertz CT molecular complexity index is 1520. The molecular formula is C24H18N4O3S. The molecule has 1 atom stereocenters. The zero-order chi connectivity index (χ0) is 22.8. The summed E-state index contributed by atoms with van der Waals surface area (Å²) in [7, 11) is 3.11. The van der Waals surface area contributed by atoms with Gasteiger partial charge in [0.1, 0.15) is 22.0 Å². The molecule has 4 rings (SSSR count). The van der Waals surface area contributed by atoms with E-state index in [1.807, 2.05) is 18.2 Å². The van der Waals surface area contributed by atoms with Gasteiger partial charge in [-0.15, -0.1) is 11.3 Å². The third-order valence-electron chi connectivity index (χ3n) is 5.21. The average molecular weight is 443 g/mol. The molecule has 2 N–H and O–H groups in total. The van der Waals surface area contributed by atoms with E-state index in [9.17, 15) is 15.3 Å². The third-order valence-corrected chi connectivity index (χ3v) is 6.32. The van der Waals surface area contributed by atoms with Crippen molar-refractivity contribution in [1.29, 1.82) is 10.5 Å². The van der Waals surface area contributed by atoms with Gasteiger partial charge in [-0.25, -0.2) is 0 Å². The highest BCUT2D eigenvalue weighted by Gasteiger charge is 2.32. The smallest absolute Gasteiger partial charge is 0.274 e. The van der Waals surface area contributed by atoms with Crippen LogP contribution in [0.2, 0.25) is 0 Å². The first-order valence-corrected chi connectivity index (χ1v) is 10.4. The summed E-state index contributed by atoms with van der Waals surface area (Å²) >= 11 is 1.17. The lowest BCUT2D eigenvalue weighted by atomic mass is 9.84. The number of nitrogens with two attached hydrogens (primary N) is 1. The Kier molecular flexibility index (Phi) is 5.55. The van der Waals surface area contributed by atoms with Crippen molar-refractivity contribution in [2.24, 2.45) is 5.73 Å². The molecule has 2 aromatic carbocycles. The van der Waals surface area contributed by atoms with Gasteiger partial charge >= 0.3 is 0 Å². The number of hydrogen-bond acceptors (Lipinski definition) is 7. The van der Waals surface area contributed by atoms with Crippen LogP contribution in [0.4, 0.5) is 0 Å². The van der Waals surface area contributed by atoms with Crippen LogP contribution in [0.1, 0.15) is 17.0 Å². The maximum atomic E-state index is 13.2. The molecule has 158 valence electrons. The van der Waals surface area contributed by atoms with Crippen LogP contribution < -0.4 is 30.0 Å². The minimum absolute atomic E-state index is 0.0286. The highest BCUT2D eigenvalue weighted by Crippen LogP contribution is 2.36. The van der Waals surface area contributed by atoms with E-state index >= 15 is 0 Å². The van der Waals surface area contributed by atoms with E-state index in [1.54, 1.807) is 50.6 Å². The summed E-state index contributed by atoms with van der Waals surface area (Å²) < 4.78 is 12.6. The Labute approximate surface area is 187 Å². The Morgan fingerprint density at radius 2 is 1.69 bits per heavy atom. The van der Waals surface area contributed by atoms with Crippen molar-refractivity contribution in [3.63, 3.8) is 0 Å². The van der Waals surface area contributed by atoms with Crippen molar-refractivity contribution >= 4 is 28.8 Å². The molecule has 0 bridgehead atoms. The van der Waals surface area contributed by atoms with Crippen molar-refractivity contribution < 1.29 is 9.47 Å². The molecule has 1 aliphatic rings. The second-order valence-corrected chi connectivity index (χ2v) is 8.01. The summed E-state index contributed by atoms with van der Waals surface area (Å²) in [5.41, 5.74) is 7.82. The predicted octanol–water partition coefficient (Wildman–Crippen LogP) is 1.88. The van der Waals surface area contributed by atoms with Gasteiger partial charge in [-0.05, 0) is 41.5 Å². The Balaban J connectivity index is 2.02. The van der Waals surface area contributed by atoms with E-state index in [4.69, 9.17) is 15.2 Å². The summed E-state index contributed by atoms with van der Waals surface area (Å²) in [5, 5.41) is 19.9. The molecule has 0 aliphatic carbocycles. The number of rotatable bonds is 4. The van der Waals surface area contributed by atoms with E-state index in [0.29, 0.717) is 26.3 Å². The Hall–Kier alpha value is -4.27. The lowest BCUT2D eigenvalue weighted by Gasteiger charge is -2.22. The maximum absolute atomic E-state index is 13.2. The molecule has 3 aromatic rings. The van der Waals surface area contributed by atoms with Gasteiger partial charge in [0.05, 0.1) is 48.0 Å². The first kappa shape index (κ1) is 21.0. The average Bonchev–Trinajstić information content (AvgIpc) is 3.15. The summed E-state index contributed by atoms with van der Waals surface area (Å²) in [4.78, 5) is 13.2. The number of ether oxygens (including phenoxy) is 2. The third kappa shape index (κ3) is 3.43. The van der Waals surface area contributed by atoms with Crippen molar-refractivity contribution in [2.75, 3.05) is 14.2 Å². The second-order valence-electron chi connectivity index (χ2n) is 6.98. The van der Waals surface area contributed by atoms with E-state index < -0.39 is 5.92 Å². The second kappa shape index (κ2) is 8.46. The number of thiazole rings is 1. The number of hydrogen-bond donors (Lipinski definition) is 1. The molecule has 8 heteroatoms. The summed E-state index contributed by atoms with van der Waals surface area (Å²) in [6, 6.07) is 18.7. The molecule has 0 radical (unpaired) electrons. The summed E-state index contributed by atoms with van der Waals surface area (Å²) in [5.74, 6) is 0.592. The molecule has 0 fully saturated rings. The van der Waals surface area contributed by atoms with Crippen molar-refractivity contribution in [1.82, 2.24) is 4.57 Å². The molecular weight excluding hydrogens is 424 g/mol. The zero-order valence-corrected chi connectivity index (χ0v) is 18.1. The highest BCUT2D eigenvalue weighted by molar-refractivity contribution is 7.07. The van der Waals surface area contributed by atoms with Gasteiger partial charge in [0, 0.05) is 0 Å². The Morgan fingerprint density at radius 3 is 2.34 bits per heavy atom. The van der Waals surface area contributed by atoms with E-state index in [-0.39, 0.29) is 22.5 Å². The fourth-order valence-corrected chi connectivity index (χ4v) is 4.82. The molecule has 32 heavy (non-hydrogen) atoms. The van der Waals surface area contributed by atoms with E-state index in [1.165, 1.54) is 15.9 Å². The van der Waals surface area contributed by atoms with Crippen LogP contribution >= 0.6 is 11.3 Å². The molecule has 0 spiro atoms. The normalized spacial score (nSPS) is 15.7. The molecule has 1 aliphatic heterocycles. The van der Waals surface area contributed by atoms with Gasteiger partial charge < -0.3 is 15.2 Å². The molecule has 7 nitrogen and oxygen atoms in total. The van der Waals surface area contributed by atoms with Crippen molar-refractivity contribution in [3.8, 4) is 23.6 Å². The van der Waals surface area contributed by atoms with Gasteiger partial charge in [-0.2, -0.15) is 10.5 Å². The standard InChI is InChI=1S/C24H18N4O3S/c1-30-16-7-3-5-14(9-16)10-20-23(29)28-22(27)18(12-25)21(19(13-26)24(28)32-20)15-6-4-8-17(11-15)31-2/h3-11,21H,27H2,1-2H3/b20-10-/t21-/m1/s1. The van der Waals surface area contributed by atoms with E-state index in [2.05, 4.69) is 12.1 Å². The molecule has 0 unspecified atom stereocenters. The van der Waals surface area contributed by atoms with Crippen molar-refractivity contribution in [3.05, 3.63) is 84.8 Å². The van der Waals surface area contributed by atoms with E-state index in [0.717, 1.165) is 5.56 Å². The quantitative estimate of drug-likeness (QED) is 0.660. The number of methoxy groups -OCH3 is 2. The molecule has 0 amide bonds. The van der Waals surface area contributed by atoms with Crippen LogP contribution in [-0.2, 0) is 0 Å². The van der Waals surface area contributed by atoms with Gasteiger partial charge in [-0.1, -0.05) is 24.3 Å². The number of nitriles is 2. The highest BCUT2D eigenvalue weighted by atomic mass is 32.1. The number of aromatic nitrogens is 1. The fraction of sp³-hybridized carbons (Fsp3) is 0.125. The fourth-order valence-electron chi connectivity index (χ4n) is 3.69. The van der Waals surface area contributed by atoms with Crippen LogP contribution in [0.15, 0.2) is 58.9 Å². The summed E-state index contributed by atoms with van der Waals surface area (Å²) in [6.45, 7) is 0. The molecule has 2 heterocycles. The SMILES string of the molecule is COc1cccc(/C=c2\sc3n(c2=O)C(N)=C(C#N)[C@@H](c2cccc(OC)c2)C=3C#N)c1. The van der Waals surface area contributed by atoms with Gasteiger partial charge in [-0.3, -0.25) is 9.36 Å². The molecule has 0 saturated heterocycles. The largest absolute Gasteiger partial charge is 0.497 e. The molecule has 0 saturated carbocycles. The first-order chi connectivity index (χ1) is 15.5. The zero-order valence-electron chi connectivity index (χ0n) is 17.3. The minimum Gasteiger partial charge on any atom is -0.497 e. The number of fused-ring (bicyclic) bond motifs is 1. The van der Waals surface area contributed by atoms with Crippen LogP contribution in [0.5, 0.6) is 11.5 Å². The minimum atomic E-state index is -0.692. The van der Waals surface area contributed by atoms with Crippen LogP contribution in [-0.4, -0.2) is 18.8 Å². The maximum Gasteiger partial charge on any atom is 0.274 e. The summed E-state index contributed by atoms with van der Waals surface area (Å²) in [6.07, 6.45) is 1.72. The number of benzene rings is 2. The number of nitrogens with zero attached hydrogens (tertiary/aromatic N) is 3. The number of allylic oxidation sites excluding steroid dienone is 1. The van der Waals surface area contributed by atoms with Crippen LogP contribution in [0.25, 0.3) is 17.5 Å². The molecule has 1 aromatic heterocycles. The predicted molar refractivity (Wildman–Crippen MR) is 122 cm³/mol.